The average Bonchev–Trinajstić information content (AvgIpc) is 2.66. The van der Waals surface area contributed by atoms with Gasteiger partial charge in [0.05, 0.1) is 0 Å². The lowest BCUT2D eigenvalue weighted by Gasteiger charge is -2.08. The normalized spacial score (nSPS) is 10.5. The van der Waals surface area contributed by atoms with Crippen LogP contribution in [0.1, 0.15) is 5.56 Å². The number of imide groups is 1. The van der Waals surface area contributed by atoms with Crippen LogP contribution in [-0.2, 0) is 9.59 Å². The Balaban J connectivity index is 1.93. The zero-order valence-electron chi connectivity index (χ0n) is 14.4. The fourth-order valence-corrected chi connectivity index (χ4v) is 2.03. The van der Waals surface area contributed by atoms with Crippen molar-refractivity contribution >= 4 is 29.6 Å². The largest absolute Gasteiger partial charge is 0.484 e. The summed E-state index contributed by atoms with van der Waals surface area (Å²) in [5.41, 5.74) is 5.48. The van der Waals surface area contributed by atoms with Gasteiger partial charge in [-0.05, 0) is 48.0 Å². The zero-order chi connectivity index (χ0) is 20.5. The van der Waals surface area contributed by atoms with Gasteiger partial charge in [0.2, 0.25) is 0 Å². The Bertz CT molecular complexity index is 947. The molecule has 2 aromatic carbocycles. The Labute approximate surface area is 159 Å². The highest BCUT2D eigenvalue weighted by atomic mass is 19.1. The summed E-state index contributed by atoms with van der Waals surface area (Å²) in [7, 11) is 0. The number of rotatable bonds is 6. The number of halogens is 1. The van der Waals surface area contributed by atoms with Gasteiger partial charge in [-0.1, -0.05) is 12.1 Å². The summed E-state index contributed by atoms with van der Waals surface area (Å²) in [6, 6.07) is 12.1. The molecule has 0 aliphatic carbocycles. The minimum absolute atomic E-state index is 0.267. The number of urea groups is 1. The minimum atomic E-state index is -1.06. The number of nitrogens with one attached hydrogen (secondary N) is 2. The molecule has 0 saturated carbocycles. The van der Waals surface area contributed by atoms with E-state index in [0.717, 1.165) is 0 Å². The fraction of sp³-hybridized carbons (Fsp3) is 0.0526. The number of nitrogens with zero attached hydrogens (tertiary/aromatic N) is 1. The second-order valence-electron chi connectivity index (χ2n) is 5.40. The molecule has 0 aromatic heterocycles. The van der Waals surface area contributed by atoms with E-state index in [2.05, 4.69) is 5.32 Å². The van der Waals surface area contributed by atoms with Gasteiger partial charge < -0.3 is 15.8 Å². The number of carbonyl (C=O) groups is 3. The number of carbonyl (C=O) groups excluding carboxylic acids is 3. The van der Waals surface area contributed by atoms with E-state index in [0.29, 0.717) is 17.0 Å². The molecular weight excluding hydrogens is 367 g/mol. The maximum atomic E-state index is 12.8. The predicted octanol–water partition coefficient (Wildman–Crippen LogP) is 1.95. The number of nitrogens with two attached hydrogens (primary N) is 1. The van der Waals surface area contributed by atoms with Gasteiger partial charge in [-0.3, -0.25) is 14.9 Å². The van der Waals surface area contributed by atoms with E-state index in [4.69, 9.17) is 15.7 Å². The first-order valence-electron chi connectivity index (χ1n) is 7.88. The number of amides is 4. The van der Waals surface area contributed by atoms with Gasteiger partial charge >= 0.3 is 6.03 Å². The first-order valence-corrected chi connectivity index (χ1v) is 7.88. The third kappa shape index (κ3) is 6.27. The van der Waals surface area contributed by atoms with Crippen molar-refractivity contribution in [3.05, 3.63) is 65.5 Å². The number of nitriles is 1. The van der Waals surface area contributed by atoms with Gasteiger partial charge in [-0.25, -0.2) is 9.18 Å². The van der Waals surface area contributed by atoms with Gasteiger partial charge in [0.15, 0.2) is 6.61 Å². The second-order valence-corrected chi connectivity index (χ2v) is 5.40. The van der Waals surface area contributed by atoms with E-state index < -0.39 is 23.7 Å². The highest BCUT2D eigenvalue weighted by Crippen LogP contribution is 2.15. The molecule has 0 unspecified atom stereocenters. The molecule has 142 valence electrons. The molecule has 0 saturated heterocycles. The molecule has 8 nitrogen and oxygen atoms in total. The molecule has 0 radical (unpaired) electrons. The van der Waals surface area contributed by atoms with E-state index in [-0.39, 0.29) is 12.2 Å². The lowest BCUT2D eigenvalue weighted by molar-refractivity contribution is -0.118. The van der Waals surface area contributed by atoms with E-state index in [1.54, 1.807) is 23.5 Å². The van der Waals surface area contributed by atoms with Crippen molar-refractivity contribution in [1.82, 2.24) is 5.32 Å². The van der Waals surface area contributed by atoms with Crippen molar-refractivity contribution in [3.63, 3.8) is 0 Å². The van der Waals surface area contributed by atoms with Crippen LogP contribution in [-0.4, -0.2) is 24.5 Å². The van der Waals surface area contributed by atoms with Crippen molar-refractivity contribution in [2.45, 2.75) is 0 Å². The molecule has 0 bridgehead atoms. The van der Waals surface area contributed by atoms with Gasteiger partial charge in [0.25, 0.3) is 11.8 Å². The number of primary amides is 1. The van der Waals surface area contributed by atoms with E-state index in [1.165, 1.54) is 42.5 Å². The monoisotopic (exact) mass is 382 g/mol. The van der Waals surface area contributed by atoms with Crippen LogP contribution in [0.5, 0.6) is 5.75 Å². The first kappa shape index (κ1) is 20.1. The predicted molar refractivity (Wildman–Crippen MR) is 98.3 cm³/mol. The minimum Gasteiger partial charge on any atom is -0.484 e. The van der Waals surface area contributed by atoms with Crippen molar-refractivity contribution in [2.24, 2.45) is 5.73 Å². The van der Waals surface area contributed by atoms with Gasteiger partial charge in [0, 0.05) is 5.69 Å². The van der Waals surface area contributed by atoms with Gasteiger partial charge in [0.1, 0.15) is 23.2 Å². The highest BCUT2D eigenvalue weighted by Gasteiger charge is 2.11. The van der Waals surface area contributed by atoms with Crippen molar-refractivity contribution in [1.29, 1.82) is 5.26 Å². The van der Waals surface area contributed by atoms with Crippen molar-refractivity contribution < 1.29 is 23.5 Å². The second kappa shape index (κ2) is 9.49. The smallest absolute Gasteiger partial charge is 0.319 e. The summed E-state index contributed by atoms with van der Waals surface area (Å²) >= 11 is 0. The van der Waals surface area contributed by atoms with Gasteiger partial charge in [-0.15, -0.1) is 0 Å². The Kier molecular flexibility index (Phi) is 6.82. The first-order chi connectivity index (χ1) is 13.4. The summed E-state index contributed by atoms with van der Waals surface area (Å²) in [5, 5.41) is 13.3. The Morgan fingerprint density at radius 3 is 2.32 bits per heavy atom. The molecule has 9 heteroatoms. The fourth-order valence-electron chi connectivity index (χ4n) is 2.03. The number of hydrogen-bond acceptors (Lipinski definition) is 5. The zero-order valence-corrected chi connectivity index (χ0v) is 14.4. The Morgan fingerprint density at radius 2 is 1.75 bits per heavy atom. The molecule has 0 fully saturated rings. The van der Waals surface area contributed by atoms with Crippen molar-refractivity contribution in [2.75, 3.05) is 11.9 Å². The summed E-state index contributed by atoms with van der Waals surface area (Å²) in [6.07, 6.45) is 1.27. The summed E-state index contributed by atoms with van der Waals surface area (Å²) in [6.45, 7) is -0.267. The number of hydrogen-bond donors (Lipinski definition) is 3. The SMILES string of the molecule is N#C/C(=C/c1ccc(OCC(=O)Nc2ccc(F)cc2)cc1)C(=O)NC(N)=O. The molecule has 2 aromatic rings. The summed E-state index contributed by atoms with van der Waals surface area (Å²) < 4.78 is 18.2. The van der Waals surface area contributed by atoms with Crippen LogP contribution < -0.4 is 21.1 Å². The molecule has 2 rings (SSSR count). The molecule has 28 heavy (non-hydrogen) atoms. The van der Waals surface area contributed by atoms with Crippen LogP contribution in [0.25, 0.3) is 6.08 Å². The number of anilines is 1. The molecule has 0 aliphatic heterocycles. The quantitative estimate of drug-likeness (QED) is 0.518. The van der Waals surface area contributed by atoms with Gasteiger partial charge in [-0.2, -0.15) is 5.26 Å². The van der Waals surface area contributed by atoms with Crippen LogP contribution in [0, 0.1) is 17.1 Å². The molecule has 0 spiro atoms. The maximum absolute atomic E-state index is 12.8. The van der Waals surface area contributed by atoms with Crippen molar-refractivity contribution in [3.8, 4) is 11.8 Å². The van der Waals surface area contributed by atoms with E-state index in [9.17, 15) is 18.8 Å². The molecule has 0 heterocycles. The van der Waals surface area contributed by atoms with E-state index in [1.807, 2.05) is 0 Å². The molecule has 0 atom stereocenters. The third-order valence-corrected chi connectivity index (χ3v) is 3.29. The average molecular weight is 382 g/mol. The summed E-state index contributed by atoms with van der Waals surface area (Å²) in [5.74, 6) is -1.36. The van der Waals surface area contributed by atoms with Crippen LogP contribution in [0.15, 0.2) is 54.1 Å². The van der Waals surface area contributed by atoms with E-state index >= 15 is 0 Å². The molecular formula is C19H15FN4O4. The Hall–Kier alpha value is -4.19. The lowest BCUT2D eigenvalue weighted by Crippen LogP contribution is -2.35. The molecule has 4 amide bonds. The standard InChI is InChI=1S/C19H15FN4O4/c20-14-3-5-15(6-4-14)23-17(25)11-28-16-7-1-12(2-8-16)9-13(10-21)18(26)24-19(22)27/h1-9H,11H2,(H,23,25)(H3,22,24,26,27)/b13-9-. The molecule has 4 N–H and O–H groups in total. The highest BCUT2D eigenvalue weighted by molar-refractivity contribution is 6.08. The lowest BCUT2D eigenvalue weighted by atomic mass is 10.1. The maximum Gasteiger partial charge on any atom is 0.319 e. The number of ether oxygens (including phenoxy) is 1. The number of benzene rings is 2. The third-order valence-electron chi connectivity index (χ3n) is 3.29. The van der Waals surface area contributed by atoms with Crippen LogP contribution in [0.3, 0.4) is 0 Å². The van der Waals surface area contributed by atoms with Crippen LogP contribution >= 0.6 is 0 Å². The topological polar surface area (TPSA) is 134 Å². The van der Waals surface area contributed by atoms with Crippen LogP contribution in [0.4, 0.5) is 14.9 Å². The molecule has 0 aliphatic rings. The summed E-state index contributed by atoms with van der Waals surface area (Å²) in [4.78, 5) is 34.1. The van der Waals surface area contributed by atoms with Crippen LogP contribution in [0.2, 0.25) is 0 Å². The Morgan fingerprint density at radius 1 is 1.11 bits per heavy atom.